The molecule has 0 spiro atoms. The molecule has 0 fully saturated rings. The van der Waals surface area contributed by atoms with E-state index in [9.17, 15) is 0 Å². The molecule has 1 aliphatic carbocycles. The third-order valence-corrected chi connectivity index (χ3v) is 4.76. The van der Waals surface area contributed by atoms with Crippen molar-refractivity contribution in [1.29, 1.82) is 10.8 Å². The molecule has 0 saturated heterocycles. The third kappa shape index (κ3) is 3.31. The van der Waals surface area contributed by atoms with E-state index in [0.29, 0.717) is 11.4 Å². The summed E-state index contributed by atoms with van der Waals surface area (Å²) in [4.78, 5) is 0. The highest BCUT2D eigenvalue weighted by atomic mass is 14.6. The highest BCUT2D eigenvalue weighted by Crippen LogP contribution is 2.40. The number of hydrogen-bond donors (Lipinski definition) is 2. The number of benzene rings is 2. The van der Waals surface area contributed by atoms with E-state index < -0.39 is 5.41 Å². The zero-order chi connectivity index (χ0) is 17.9. The fourth-order valence-electron chi connectivity index (χ4n) is 3.32. The summed E-state index contributed by atoms with van der Waals surface area (Å²) < 4.78 is 0. The van der Waals surface area contributed by atoms with E-state index in [4.69, 9.17) is 10.8 Å². The van der Waals surface area contributed by atoms with Crippen LogP contribution in [0.2, 0.25) is 0 Å². The molecule has 0 heterocycles. The third-order valence-electron chi connectivity index (χ3n) is 4.76. The van der Waals surface area contributed by atoms with Crippen LogP contribution in [-0.4, -0.2) is 11.4 Å². The van der Waals surface area contributed by atoms with Crippen molar-refractivity contribution in [2.45, 2.75) is 13.8 Å². The molecule has 0 bridgehead atoms. The van der Waals surface area contributed by atoms with Gasteiger partial charge in [0.1, 0.15) is 0 Å². The van der Waals surface area contributed by atoms with Crippen LogP contribution in [0.15, 0.2) is 90.2 Å². The fraction of sp³-hybridized carbons (Fsp3) is 0.174. The standard InChI is InChI=1S/C23H22N2/c1-23(2,19-15-9-10-16-19)20(21(24)17-11-5-3-6-12-17)22(25)18-13-7-4-8-14-18/h3-15,20,24-25H,1-2H3. The van der Waals surface area contributed by atoms with Crippen molar-refractivity contribution in [2.75, 3.05) is 0 Å². The monoisotopic (exact) mass is 326 g/mol. The SMILES string of the molecule is CC(C)(C1=C=CC=C1)C(C(=N)c1ccccc1)C(=N)c1ccccc1. The first kappa shape index (κ1) is 16.9. The Morgan fingerprint density at radius 3 is 1.72 bits per heavy atom. The predicted octanol–water partition coefficient (Wildman–Crippen LogP) is 5.42. The summed E-state index contributed by atoms with van der Waals surface area (Å²) in [5.74, 6) is -0.365. The van der Waals surface area contributed by atoms with Crippen molar-refractivity contribution in [3.63, 3.8) is 0 Å². The topological polar surface area (TPSA) is 47.7 Å². The van der Waals surface area contributed by atoms with Gasteiger partial charge in [0.2, 0.25) is 0 Å². The molecule has 0 saturated carbocycles. The fourth-order valence-corrected chi connectivity index (χ4v) is 3.32. The first-order chi connectivity index (χ1) is 12.0. The average molecular weight is 326 g/mol. The molecule has 2 nitrogen and oxygen atoms in total. The van der Waals surface area contributed by atoms with Crippen LogP contribution in [0.3, 0.4) is 0 Å². The van der Waals surface area contributed by atoms with E-state index in [1.54, 1.807) is 0 Å². The molecule has 0 atom stereocenters. The number of rotatable bonds is 6. The van der Waals surface area contributed by atoms with Gasteiger partial charge in [-0.25, -0.2) is 0 Å². The van der Waals surface area contributed by atoms with Crippen molar-refractivity contribution in [3.05, 3.63) is 101 Å². The molecule has 3 rings (SSSR count). The van der Waals surface area contributed by atoms with E-state index in [0.717, 1.165) is 16.7 Å². The van der Waals surface area contributed by atoms with Crippen LogP contribution < -0.4 is 0 Å². The van der Waals surface area contributed by atoms with Crippen LogP contribution in [0.4, 0.5) is 0 Å². The van der Waals surface area contributed by atoms with Gasteiger partial charge in [-0.15, -0.1) is 5.73 Å². The van der Waals surface area contributed by atoms with Crippen LogP contribution in [-0.2, 0) is 0 Å². The number of hydrogen-bond acceptors (Lipinski definition) is 2. The van der Waals surface area contributed by atoms with Gasteiger partial charge in [0.15, 0.2) is 0 Å². The van der Waals surface area contributed by atoms with Crippen molar-refractivity contribution in [2.24, 2.45) is 11.3 Å². The molecule has 2 aromatic rings. The normalized spacial score (nSPS) is 14.2. The molecule has 0 aromatic heterocycles. The maximum Gasteiger partial charge on any atom is 0.0531 e. The molecule has 1 aliphatic rings. The molecule has 0 amide bonds. The highest BCUT2D eigenvalue weighted by Gasteiger charge is 2.39. The molecular weight excluding hydrogens is 304 g/mol. The molecule has 0 unspecified atom stereocenters. The van der Waals surface area contributed by atoms with Crippen molar-refractivity contribution in [3.8, 4) is 0 Å². The Bertz CT molecular complexity index is 829. The average Bonchev–Trinajstić information content (AvgIpc) is 3.18. The maximum atomic E-state index is 8.87. The summed E-state index contributed by atoms with van der Waals surface area (Å²) in [5, 5.41) is 17.7. The summed E-state index contributed by atoms with van der Waals surface area (Å²) in [6, 6.07) is 19.4. The molecule has 2 N–H and O–H groups in total. The van der Waals surface area contributed by atoms with Crippen LogP contribution >= 0.6 is 0 Å². The molecular formula is C23H22N2. The Morgan fingerprint density at radius 1 is 0.840 bits per heavy atom. The quantitative estimate of drug-likeness (QED) is 0.526. The van der Waals surface area contributed by atoms with Crippen molar-refractivity contribution < 1.29 is 0 Å². The van der Waals surface area contributed by atoms with E-state index in [1.807, 2.05) is 78.9 Å². The van der Waals surface area contributed by atoms with Crippen LogP contribution in [0.25, 0.3) is 0 Å². The van der Waals surface area contributed by atoms with Gasteiger partial charge in [-0.3, -0.25) is 0 Å². The largest absolute Gasteiger partial charge is 0.304 e. The zero-order valence-electron chi connectivity index (χ0n) is 14.6. The molecule has 2 heteroatoms. The predicted molar refractivity (Wildman–Crippen MR) is 105 cm³/mol. The summed E-state index contributed by atoms with van der Waals surface area (Å²) in [6.45, 7) is 4.19. The summed E-state index contributed by atoms with van der Waals surface area (Å²) in [5.41, 5.74) is 6.53. The lowest BCUT2D eigenvalue weighted by molar-refractivity contribution is 0.419. The Labute approximate surface area is 149 Å². The summed E-state index contributed by atoms with van der Waals surface area (Å²) in [7, 11) is 0. The Morgan fingerprint density at radius 2 is 1.32 bits per heavy atom. The maximum absolute atomic E-state index is 8.87. The molecule has 124 valence electrons. The van der Waals surface area contributed by atoms with Gasteiger partial charge in [0, 0.05) is 22.4 Å². The van der Waals surface area contributed by atoms with Crippen LogP contribution in [0, 0.1) is 22.2 Å². The van der Waals surface area contributed by atoms with E-state index in [2.05, 4.69) is 19.6 Å². The number of allylic oxidation sites excluding steroid dienone is 3. The van der Waals surface area contributed by atoms with E-state index >= 15 is 0 Å². The first-order valence-corrected chi connectivity index (χ1v) is 8.43. The Balaban J connectivity index is 2.09. The molecule has 0 aliphatic heterocycles. The minimum absolute atomic E-state index is 0.365. The zero-order valence-corrected chi connectivity index (χ0v) is 14.6. The Kier molecular flexibility index (Phi) is 4.65. The number of nitrogens with one attached hydrogen (secondary N) is 2. The second-order valence-corrected chi connectivity index (χ2v) is 6.80. The van der Waals surface area contributed by atoms with E-state index in [-0.39, 0.29) is 5.92 Å². The smallest absolute Gasteiger partial charge is 0.0531 e. The van der Waals surface area contributed by atoms with Gasteiger partial charge in [0.25, 0.3) is 0 Å². The van der Waals surface area contributed by atoms with Gasteiger partial charge in [-0.2, -0.15) is 0 Å². The molecule has 2 aromatic carbocycles. The van der Waals surface area contributed by atoms with Gasteiger partial charge in [-0.05, 0) is 17.2 Å². The van der Waals surface area contributed by atoms with Crippen molar-refractivity contribution in [1.82, 2.24) is 0 Å². The van der Waals surface area contributed by atoms with E-state index in [1.165, 1.54) is 0 Å². The van der Waals surface area contributed by atoms with Gasteiger partial charge < -0.3 is 10.8 Å². The van der Waals surface area contributed by atoms with Crippen molar-refractivity contribution >= 4 is 11.4 Å². The van der Waals surface area contributed by atoms with Crippen LogP contribution in [0.1, 0.15) is 25.0 Å². The molecule has 25 heavy (non-hydrogen) atoms. The summed E-state index contributed by atoms with van der Waals surface area (Å²) >= 11 is 0. The second kappa shape index (κ2) is 6.88. The lowest BCUT2D eigenvalue weighted by atomic mass is 9.67. The lowest BCUT2D eigenvalue weighted by Crippen LogP contribution is -2.38. The minimum atomic E-state index is -0.413. The van der Waals surface area contributed by atoms with Gasteiger partial charge in [-0.1, -0.05) is 86.7 Å². The van der Waals surface area contributed by atoms with Crippen LogP contribution in [0.5, 0.6) is 0 Å². The Hall–Kier alpha value is -2.96. The lowest BCUT2D eigenvalue weighted by Gasteiger charge is -2.35. The summed E-state index contributed by atoms with van der Waals surface area (Å²) in [6.07, 6.45) is 5.89. The minimum Gasteiger partial charge on any atom is -0.304 e. The highest BCUT2D eigenvalue weighted by molar-refractivity contribution is 6.18. The van der Waals surface area contributed by atoms with Gasteiger partial charge in [0.05, 0.1) is 5.92 Å². The first-order valence-electron chi connectivity index (χ1n) is 8.43. The second-order valence-electron chi connectivity index (χ2n) is 6.80. The molecule has 0 radical (unpaired) electrons. The van der Waals surface area contributed by atoms with Gasteiger partial charge >= 0.3 is 0 Å².